The van der Waals surface area contributed by atoms with Crippen LogP contribution in [0.4, 0.5) is 0 Å². The van der Waals surface area contributed by atoms with Gasteiger partial charge in [-0.3, -0.25) is 0 Å². The molecule has 2 aromatic rings. The van der Waals surface area contributed by atoms with Gasteiger partial charge in [0, 0.05) is 22.3 Å². The van der Waals surface area contributed by atoms with Crippen LogP contribution in [-0.2, 0) is 6.42 Å². The third-order valence-corrected chi connectivity index (χ3v) is 6.77. The second-order valence-corrected chi connectivity index (χ2v) is 7.56. The fraction of sp³-hybridized carbons (Fsp3) is 0.467. The van der Waals surface area contributed by atoms with Crippen LogP contribution in [0.1, 0.15) is 35.9 Å². The van der Waals surface area contributed by atoms with E-state index >= 15 is 0 Å². The number of benzene rings is 1. The van der Waals surface area contributed by atoms with Crippen LogP contribution < -0.4 is 0 Å². The molecule has 2 heterocycles. The molecule has 1 aromatic carbocycles. The minimum Gasteiger partial charge on any atom is -0.508 e. The number of phenolic OH excluding ortho intramolecular Hbond substituents is 1. The predicted molar refractivity (Wildman–Crippen MR) is 86.9 cm³/mol. The second-order valence-electron chi connectivity index (χ2n) is 4.96. The molecule has 6 heteroatoms. The molecule has 1 aliphatic rings. The van der Waals surface area contributed by atoms with Crippen LogP contribution in [-0.4, -0.2) is 32.0 Å². The van der Waals surface area contributed by atoms with Crippen LogP contribution in [0, 0.1) is 0 Å². The fourth-order valence-electron chi connectivity index (χ4n) is 2.42. The summed E-state index contributed by atoms with van der Waals surface area (Å²) in [6.07, 6.45) is 1.59. The molecule has 2 atom stereocenters. The van der Waals surface area contributed by atoms with E-state index < -0.39 is 0 Å². The molecule has 4 nitrogen and oxygen atoms in total. The molecule has 1 fully saturated rings. The van der Waals surface area contributed by atoms with Crippen LogP contribution in [0.5, 0.6) is 5.75 Å². The zero-order valence-corrected chi connectivity index (χ0v) is 13.5. The first-order valence-corrected chi connectivity index (χ1v) is 9.20. The van der Waals surface area contributed by atoms with Gasteiger partial charge in [0.15, 0.2) is 5.82 Å². The van der Waals surface area contributed by atoms with Gasteiger partial charge >= 0.3 is 0 Å². The van der Waals surface area contributed by atoms with Gasteiger partial charge in [0.2, 0.25) is 5.89 Å². The molecule has 1 aromatic heterocycles. The maximum Gasteiger partial charge on any atom is 0.231 e. The molecule has 112 valence electrons. The average Bonchev–Trinajstić information content (AvgIpc) is 2.98. The number of para-hydroxylation sites is 1. The Hall–Kier alpha value is -1.14. The van der Waals surface area contributed by atoms with Gasteiger partial charge < -0.3 is 9.63 Å². The average molecular weight is 322 g/mol. The highest BCUT2D eigenvalue weighted by atomic mass is 32.2. The number of phenols is 1. The lowest BCUT2D eigenvalue weighted by Crippen LogP contribution is -2.19. The molecule has 0 amide bonds. The monoisotopic (exact) mass is 322 g/mol. The molecule has 1 aliphatic heterocycles. The molecule has 1 saturated heterocycles. The van der Waals surface area contributed by atoms with Crippen molar-refractivity contribution >= 4 is 23.5 Å². The molecule has 0 saturated carbocycles. The van der Waals surface area contributed by atoms with E-state index in [0.717, 1.165) is 23.6 Å². The Labute approximate surface area is 132 Å². The lowest BCUT2D eigenvalue weighted by atomic mass is 10.1. The molecule has 3 rings (SSSR count). The summed E-state index contributed by atoms with van der Waals surface area (Å²) in [5.74, 6) is 3.96. The van der Waals surface area contributed by atoms with Crippen molar-refractivity contribution in [1.29, 1.82) is 0 Å². The number of nitrogens with zero attached hydrogens (tertiary/aromatic N) is 2. The number of rotatable bonds is 4. The third-order valence-electron chi connectivity index (χ3n) is 3.52. The van der Waals surface area contributed by atoms with Gasteiger partial charge in [-0.25, -0.2) is 0 Å². The standard InChI is InChI=1S/C15H18N2O2S2/c1-2-12-14(21-8-7-20-12)15-16-13(19-17-15)9-10-5-3-4-6-11(10)18/h3-6,12,14,18H,2,7-9H2,1H3. The quantitative estimate of drug-likeness (QED) is 0.927. The Morgan fingerprint density at radius 1 is 1.29 bits per heavy atom. The summed E-state index contributed by atoms with van der Waals surface area (Å²) in [7, 11) is 0. The molecule has 1 N–H and O–H groups in total. The van der Waals surface area contributed by atoms with E-state index in [1.165, 1.54) is 5.75 Å². The Morgan fingerprint density at radius 3 is 2.90 bits per heavy atom. The highest BCUT2D eigenvalue weighted by molar-refractivity contribution is 8.06. The van der Waals surface area contributed by atoms with Crippen molar-refractivity contribution in [3.63, 3.8) is 0 Å². The molecule has 0 radical (unpaired) electrons. The summed E-state index contributed by atoms with van der Waals surface area (Å²) >= 11 is 3.92. The van der Waals surface area contributed by atoms with Gasteiger partial charge in [-0.1, -0.05) is 30.3 Å². The van der Waals surface area contributed by atoms with E-state index in [-0.39, 0.29) is 5.75 Å². The van der Waals surface area contributed by atoms with Crippen molar-refractivity contribution in [2.45, 2.75) is 30.3 Å². The second kappa shape index (κ2) is 6.75. The molecule has 0 spiro atoms. The largest absolute Gasteiger partial charge is 0.508 e. The number of hydrogen-bond donors (Lipinski definition) is 1. The summed E-state index contributed by atoms with van der Waals surface area (Å²) in [6, 6.07) is 7.25. The molecule has 0 bridgehead atoms. The lowest BCUT2D eigenvalue weighted by molar-refractivity contribution is 0.376. The van der Waals surface area contributed by atoms with Crippen molar-refractivity contribution < 1.29 is 9.63 Å². The van der Waals surface area contributed by atoms with Crippen LogP contribution in [0.3, 0.4) is 0 Å². The maximum absolute atomic E-state index is 9.81. The Kier molecular flexibility index (Phi) is 4.75. The van der Waals surface area contributed by atoms with E-state index in [1.54, 1.807) is 12.1 Å². The summed E-state index contributed by atoms with van der Waals surface area (Å²) in [6.45, 7) is 2.21. The van der Waals surface area contributed by atoms with Gasteiger partial charge in [-0.2, -0.15) is 16.7 Å². The summed E-state index contributed by atoms with van der Waals surface area (Å²) < 4.78 is 5.37. The van der Waals surface area contributed by atoms with Crippen LogP contribution in [0.15, 0.2) is 28.8 Å². The van der Waals surface area contributed by atoms with Crippen molar-refractivity contribution in [2.24, 2.45) is 0 Å². The van der Waals surface area contributed by atoms with Crippen molar-refractivity contribution in [1.82, 2.24) is 10.1 Å². The number of aromatic nitrogens is 2. The summed E-state index contributed by atoms with van der Waals surface area (Å²) in [4.78, 5) is 4.55. The molecule has 2 unspecified atom stereocenters. The minimum absolute atomic E-state index is 0.270. The van der Waals surface area contributed by atoms with E-state index in [0.29, 0.717) is 22.8 Å². The normalized spacial score (nSPS) is 22.3. The fourth-order valence-corrected chi connectivity index (χ4v) is 5.40. The number of hydrogen-bond acceptors (Lipinski definition) is 6. The Bertz CT molecular complexity index is 603. The molecular formula is C15H18N2O2S2. The first-order chi connectivity index (χ1) is 10.3. The van der Waals surface area contributed by atoms with Crippen LogP contribution in [0.2, 0.25) is 0 Å². The summed E-state index contributed by atoms with van der Waals surface area (Å²) in [5.41, 5.74) is 0.811. The number of thioether (sulfide) groups is 2. The molecular weight excluding hydrogens is 304 g/mol. The Morgan fingerprint density at radius 2 is 2.10 bits per heavy atom. The topological polar surface area (TPSA) is 59.2 Å². The lowest BCUT2D eigenvalue weighted by Gasteiger charge is -2.27. The zero-order chi connectivity index (χ0) is 14.7. The predicted octanol–water partition coefficient (Wildman–Crippen LogP) is 3.67. The third kappa shape index (κ3) is 3.37. The van der Waals surface area contributed by atoms with Gasteiger partial charge in [-0.15, -0.1) is 11.8 Å². The first kappa shape index (κ1) is 14.8. The van der Waals surface area contributed by atoms with E-state index in [9.17, 15) is 5.11 Å². The van der Waals surface area contributed by atoms with Crippen LogP contribution in [0.25, 0.3) is 0 Å². The highest BCUT2D eigenvalue weighted by Crippen LogP contribution is 2.42. The summed E-state index contributed by atoms with van der Waals surface area (Å²) in [5, 5.41) is 14.8. The molecule has 0 aliphatic carbocycles. The maximum atomic E-state index is 9.81. The van der Waals surface area contributed by atoms with Gasteiger partial charge in [-0.05, 0) is 12.5 Å². The van der Waals surface area contributed by atoms with Gasteiger partial charge in [0.25, 0.3) is 0 Å². The zero-order valence-electron chi connectivity index (χ0n) is 11.9. The highest BCUT2D eigenvalue weighted by Gasteiger charge is 2.30. The van der Waals surface area contributed by atoms with E-state index in [4.69, 9.17) is 4.52 Å². The van der Waals surface area contributed by atoms with E-state index in [1.807, 2.05) is 35.7 Å². The van der Waals surface area contributed by atoms with Gasteiger partial charge in [0.1, 0.15) is 5.75 Å². The number of aromatic hydroxyl groups is 1. The smallest absolute Gasteiger partial charge is 0.231 e. The Balaban J connectivity index is 1.75. The first-order valence-electron chi connectivity index (χ1n) is 7.10. The SMILES string of the molecule is CCC1SCCSC1c1noc(Cc2ccccc2O)n1. The molecule has 21 heavy (non-hydrogen) atoms. The van der Waals surface area contributed by atoms with E-state index in [2.05, 4.69) is 17.1 Å². The van der Waals surface area contributed by atoms with Crippen molar-refractivity contribution in [2.75, 3.05) is 11.5 Å². The van der Waals surface area contributed by atoms with Gasteiger partial charge in [0.05, 0.1) is 11.7 Å². The minimum atomic E-state index is 0.270. The van der Waals surface area contributed by atoms with Crippen molar-refractivity contribution in [3.8, 4) is 5.75 Å². The van der Waals surface area contributed by atoms with Crippen molar-refractivity contribution in [3.05, 3.63) is 41.5 Å². The van der Waals surface area contributed by atoms with Crippen LogP contribution >= 0.6 is 23.5 Å².